The maximum atomic E-state index is 12.8. The van der Waals surface area contributed by atoms with E-state index in [-0.39, 0.29) is 18.4 Å². The second-order valence-electron chi connectivity index (χ2n) is 7.20. The van der Waals surface area contributed by atoms with Gasteiger partial charge in [-0.05, 0) is 38.0 Å². The first-order valence-corrected chi connectivity index (χ1v) is 9.53. The van der Waals surface area contributed by atoms with Gasteiger partial charge in [0.2, 0.25) is 11.8 Å². The molecule has 1 saturated heterocycles. The number of hydrogen-bond donors (Lipinski definition) is 0. The SMILES string of the molecule is Cc1cccc(OCC2CCCN(C(=O)Cn3c(=O)oc4ccccc43)C2)n1. The number of hydrogen-bond acceptors (Lipinski definition) is 5. The summed E-state index contributed by atoms with van der Waals surface area (Å²) in [6.45, 7) is 3.75. The molecule has 7 heteroatoms. The monoisotopic (exact) mass is 381 g/mol. The first-order chi connectivity index (χ1) is 13.6. The summed E-state index contributed by atoms with van der Waals surface area (Å²) in [7, 11) is 0. The zero-order valence-electron chi connectivity index (χ0n) is 15.8. The molecule has 3 heterocycles. The number of rotatable bonds is 5. The third kappa shape index (κ3) is 3.93. The van der Waals surface area contributed by atoms with E-state index in [0.717, 1.165) is 18.5 Å². The lowest BCUT2D eigenvalue weighted by Gasteiger charge is -2.32. The Morgan fingerprint density at radius 2 is 2.11 bits per heavy atom. The Labute approximate surface area is 162 Å². The number of carbonyl (C=O) groups excluding carboxylic acids is 1. The lowest BCUT2D eigenvalue weighted by atomic mass is 9.99. The number of ether oxygens (including phenoxy) is 1. The largest absolute Gasteiger partial charge is 0.477 e. The van der Waals surface area contributed by atoms with Crippen LogP contribution < -0.4 is 10.5 Å². The molecule has 0 saturated carbocycles. The predicted molar refractivity (Wildman–Crippen MR) is 104 cm³/mol. The Morgan fingerprint density at radius 3 is 2.96 bits per heavy atom. The van der Waals surface area contributed by atoms with Crippen molar-refractivity contribution in [2.24, 2.45) is 5.92 Å². The van der Waals surface area contributed by atoms with Crippen LogP contribution in [0, 0.1) is 12.8 Å². The van der Waals surface area contributed by atoms with Gasteiger partial charge in [0.05, 0.1) is 12.1 Å². The highest BCUT2D eigenvalue weighted by atomic mass is 16.5. The molecule has 1 fully saturated rings. The molecule has 4 rings (SSSR count). The fourth-order valence-electron chi connectivity index (χ4n) is 3.63. The second-order valence-corrected chi connectivity index (χ2v) is 7.20. The molecule has 1 unspecified atom stereocenters. The Hall–Kier alpha value is -3.09. The molecular weight excluding hydrogens is 358 g/mol. The molecule has 0 radical (unpaired) electrons. The number of benzene rings is 1. The molecule has 1 aliphatic heterocycles. The number of amides is 1. The van der Waals surface area contributed by atoms with E-state index in [1.54, 1.807) is 18.2 Å². The van der Waals surface area contributed by atoms with Crippen molar-refractivity contribution in [2.75, 3.05) is 19.7 Å². The average molecular weight is 381 g/mol. The number of nitrogens with zero attached hydrogens (tertiary/aromatic N) is 3. The van der Waals surface area contributed by atoms with Crippen LogP contribution in [0.15, 0.2) is 51.7 Å². The molecule has 146 valence electrons. The van der Waals surface area contributed by atoms with Gasteiger partial charge in [0.1, 0.15) is 6.54 Å². The molecule has 1 amide bonds. The summed E-state index contributed by atoms with van der Waals surface area (Å²) in [6, 6.07) is 12.8. The minimum Gasteiger partial charge on any atom is -0.477 e. The molecule has 1 atom stereocenters. The van der Waals surface area contributed by atoms with Crippen LogP contribution in [-0.2, 0) is 11.3 Å². The number of pyridine rings is 1. The van der Waals surface area contributed by atoms with Crippen molar-refractivity contribution in [2.45, 2.75) is 26.3 Å². The van der Waals surface area contributed by atoms with Gasteiger partial charge in [-0.25, -0.2) is 9.78 Å². The van der Waals surface area contributed by atoms with E-state index in [9.17, 15) is 9.59 Å². The number of likely N-dealkylation sites (tertiary alicyclic amines) is 1. The quantitative estimate of drug-likeness (QED) is 0.679. The first-order valence-electron chi connectivity index (χ1n) is 9.53. The third-order valence-electron chi connectivity index (χ3n) is 5.07. The molecule has 7 nitrogen and oxygen atoms in total. The minimum absolute atomic E-state index is 0.0111. The topological polar surface area (TPSA) is 77.6 Å². The molecule has 0 N–H and O–H groups in total. The second kappa shape index (κ2) is 7.88. The van der Waals surface area contributed by atoms with Crippen molar-refractivity contribution in [1.82, 2.24) is 14.5 Å². The summed E-state index contributed by atoms with van der Waals surface area (Å²) >= 11 is 0. The number of aryl methyl sites for hydroxylation is 1. The molecule has 0 aliphatic carbocycles. The van der Waals surface area contributed by atoms with Crippen LogP contribution in [0.4, 0.5) is 0 Å². The minimum atomic E-state index is -0.503. The molecule has 1 aromatic carbocycles. The molecular formula is C21H23N3O4. The van der Waals surface area contributed by atoms with Crippen LogP contribution >= 0.6 is 0 Å². The maximum absolute atomic E-state index is 12.8. The Balaban J connectivity index is 1.39. The normalized spacial score (nSPS) is 17.0. The van der Waals surface area contributed by atoms with Crippen molar-refractivity contribution in [3.05, 3.63) is 58.7 Å². The summed E-state index contributed by atoms with van der Waals surface area (Å²) in [5.41, 5.74) is 2.05. The molecule has 3 aromatic rings. The zero-order valence-corrected chi connectivity index (χ0v) is 15.8. The summed E-state index contributed by atoms with van der Waals surface area (Å²) < 4.78 is 12.4. The van der Waals surface area contributed by atoms with Gasteiger partial charge in [0.15, 0.2) is 5.58 Å². The lowest BCUT2D eigenvalue weighted by molar-refractivity contribution is -0.133. The van der Waals surface area contributed by atoms with E-state index in [4.69, 9.17) is 9.15 Å². The zero-order chi connectivity index (χ0) is 19.5. The van der Waals surface area contributed by atoms with Gasteiger partial charge in [-0.3, -0.25) is 9.36 Å². The van der Waals surface area contributed by atoms with Crippen LogP contribution in [-0.4, -0.2) is 40.1 Å². The smallest absolute Gasteiger partial charge is 0.420 e. The number of oxazole rings is 1. The highest BCUT2D eigenvalue weighted by molar-refractivity contribution is 5.79. The Bertz CT molecular complexity index is 1040. The lowest BCUT2D eigenvalue weighted by Crippen LogP contribution is -2.43. The van der Waals surface area contributed by atoms with E-state index in [1.807, 2.05) is 36.1 Å². The van der Waals surface area contributed by atoms with Crippen LogP contribution in [0.2, 0.25) is 0 Å². The number of aromatic nitrogens is 2. The van der Waals surface area contributed by atoms with Crippen molar-refractivity contribution in [1.29, 1.82) is 0 Å². The maximum Gasteiger partial charge on any atom is 0.420 e. The highest BCUT2D eigenvalue weighted by Crippen LogP contribution is 2.19. The third-order valence-corrected chi connectivity index (χ3v) is 5.07. The molecule has 28 heavy (non-hydrogen) atoms. The highest BCUT2D eigenvalue weighted by Gasteiger charge is 2.25. The first kappa shape index (κ1) is 18.3. The summed E-state index contributed by atoms with van der Waals surface area (Å²) in [6.07, 6.45) is 1.92. The van der Waals surface area contributed by atoms with Gasteiger partial charge in [0, 0.05) is 30.8 Å². The van der Waals surface area contributed by atoms with Gasteiger partial charge in [-0.15, -0.1) is 0 Å². The van der Waals surface area contributed by atoms with Crippen molar-refractivity contribution >= 4 is 17.0 Å². The van der Waals surface area contributed by atoms with E-state index in [1.165, 1.54) is 4.57 Å². The molecule has 0 spiro atoms. The number of piperidine rings is 1. The number of fused-ring (bicyclic) bond motifs is 1. The fourth-order valence-corrected chi connectivity index (χ4v) is 3.63. The summed E-state index contributed by atoms with van der Waals surface area (Å²) in [4.78, 5) is 31.1. The van der Waals surface area contributed by atoms with Gasteiger partial charge in [-0.2, -0.15) is 0 Å². The average Bonchev–Trinajstić information content (AvgIpc) is 3.02. The fraction of sp³-hybridized carbons (Fsp3) is 0.381. The Kier molecular flexibility index (Phi) is 5.14. The van der Waals surface area contributed by atoms with Gasteiger partial charge in [-0.1, -0.05) is 18.2 Å². The predicted octanol–water partition coefficient (Wildman–Crippen LogP) is 2.62. The van der Waals surface area contributed by atoms with Crippen molar-refractivity contribution in [3.8, 4) is 5.88 Å². The van der Waals surface area contributed by atoms with E-state index >= 15 is 0 Å². The van der Waals surface area contributed by atoms with Crippen molar-refractivity contribution < 1.29 is 13.9 Å². The van der Waals surface area contributed by atoms with Gasteiger partial charge in [0.25, 0.3) is 0 Å². The summed E-state index contributed by atoms with van der Waals surface area (Å²) in [5, 5.41) is 0. The van der Waals surface area contributed by atoms with Crippen LogP contribution in [0.25, 0.3) is 11.1 Å². The van der Waals surface area contributed by atoms with E-state index in [0.29, 0.717) is 36.7 Å². The van der Waals surface area contributed by atoms with E-state index < -0.39 is 5.76 Å². The van der Waals surface area contributed by atoms with E-state index in [2.05, 4.69) is 4.98 Å². The van der Waals surface area contributed by atoms with Crippen LogP contribution in [0.3, 0.4) is 0 Å². The molecule has 1 aliphatic rings. The summed E-state index contributed by atoms with van der Waals surface area (Å²) in [5.74, 6) is 0.279. The molecule has 0 bridgehead atoms. The number of carbonyl (C=O) groups is 1. The van der Waals surface area contributed by atoms with Gasteiger partial charge >= 0.3 is 5.76 Å². The van der Waals surface area contributed by atoms with Crippen LogP contribution in [0.5, 0.6) is 5.88 Å². The van der Waals surface area contributed by atoms with Gasteiger partial charge < -0.3 is 14.1 Å². The molecule has 2 aromatic heterocycles. The standard InChI is InChI=1S/C21H23N3O4/c1-15-6-4-10-19(22-15)27-14-16-7-5-11-23(12-16)20(25)13-24-17-8-2-3-9-18(17)28-21(24)26/h2-4,6,8-10,16H,5,7,11-14H2,1H3. The van der Waals surface area contributed by atoms with Crippen LogP contribution in [0.1, 0.15) is 18.5 Å². The van der Waals surface area contributed by atoms with Crippen molar-refractivity contribution in [3.63, 3.8) is 0 Å². The Morgan fingerprint density at radius 1 is 1.25 bits per heavy atom. The number of para-hydroxylation sites is 2.